The van der Waals surface area contributed by atoms with E-state index in [1.165, 1.54) is 12.1 Å². The molecule has 14 heteroatoms. The lowest BCUT2D eigenvalue weighted by atomic mass is 10.0. The molecule has 62 heavy (non-hydrogen) atoms. The van der Waals surface area contributed by atoms with Crippen molar-refractivity contribution in [1.29, 1.82) is 0 Å². The third-order valence-corrected chi connectivity index (χ3v) is 9.09. The van der Waals surface area contributed by atoms with Crippen LogP contribution in [0.15, 0.2) is 115 Å². The zero-order chi connectivity index (χ0) is 44.7. The first kappa shape index (κ1) is 48.0. The van der Waals surface area contributed by atoms with E-state index in [1.54, 1.807) is 81.4 Å². The Bertz CT molecular complexity index is 1970. The Morgan fingerprint density at radius 3 is 1.60 bits per heavy atom. The summed E-state index contributed by atoms with van der Waals surface area (Å²) < 4.78 is 27.5. The van der Waals surface area contributed by atoms with Gasteiger partial charge in [0.25, 0.3) is 6.10 Å². The van der Waals surface area contributed by atoms with Gasteiger partial charge in [-0.05, 0) is 68.0 Å². The molecular weight excluding hydrogens is 795 g/mol. The molecule has 0 heterocycles. The lowest BCUT2D eigenvalue weighted by Gasteiger charge is -2.25. The Kier molecular flexibility index (Phi) is 19.5. The second-order valence-electron chi connectivity index (χ2n) is 15.5. The van der Waals surface area contributed by atoms with Gasteiger partial charge in [-0.1, -0.05) is 123 Å². The van der Waals surface area contributed by atoms with E-state index in [2.05, 4.69) is 16.0 Å². The second-order valence-corrected chi connectivity index (χ2v) is 15.5. The average molecular weight is 852 g/mol. The van der Waals surface area contributed by atoms with E-state index in [0.717, 1.165) is 24.8 Å². The highest BCUT2D eigenvalue weighted by Gasteiger charge is 2.33. The smallest absolute Gasteiger partial charge is 0.408 e. The maximum atomic E-state index is 13.9. The number of benzene rings is 4. The Hall–Kier alpha value is -6.70. The van der Waals surface area contributed by atoms with E-state index in [1.807, 2.05) is 49.4 Å². The lowest BCUT2D eigenvalue weighted by molar-refractivity contribution is -0.168. The number of hydrogen-bond donors (Lipinski definition) is 3. The van der Waals surface area contributed by atoms with E-state index in [0.29, 0.717) is 23.2 Å². The first-order valence-corrected chi connectivity index (χ1v) is 20.7. The van der Waals surface area contributed by atoms with Crippen molar-refractivity contribution in [2.45, 2.75) is 110 Å². The molecule has 0 aliphatic rings. The molecule has 0 aliphatic heterocycles. The van der Waals surface area contributed by atoms with Gasteiger partial charge in [0.2, 0.25) is 11.8 Å². The Balaban J connectivity index is 1.48. The number of rotatable bonds is 23. The highest BCUT2D eigenvalue weighted by Crippen LogP contribution is 2.18. The van der Waals surface area contributed by atoms with Gasteiger partial charge < -0.3 is 39.6 Å². The molecule has 0 fully saturated rings. The molecule has 330 valence electrons. The van der Waals surface area contributed by atoms with E-state index in [-0.39, 0.29) is 44.8 Å². The molecule has 0 spiro atoms. The summed E-state index contributed by atoms with van der Waals surface area (Å²) in [6.45, 7) is 7.29. The normalized spacial score (nSPS) is 12.0. The van der Waals surface area contributed by atoms with Crippen LogP contribution in [0.3, 0.4) is 0 Å². The molecule has 3 amide bonds. The molecule has 0 bridgehead atoms. The molecule has 0 aromatic heterocycles. The van der Waals surface area contributed by atoms with Crippen LogP contribution >= 0.6 is 0 Å². The predicted molar refractivity (Wildman–Crippen MR) is 230 cm³/mol. The molecule has 0 saturated carbocycles. The van der Waals surface area contributed by atoms with E-state index < -0.39 is 59.6 Å². The lowest BCUT2D eigenvalue weighted by Crippen LogP contribution is -2.55. The van der Waals surface area contributed by atoms with Crippen molar-refractivity contribution in [3.63, 3.8) is 0 Å². The maximum Gasteiger partial charge on any atom is 0.408 e. The summed E-state index contributed by atoms with van der Waals surface area (Å²) in [5, 5.41) is 8.19. The monoisotopic (exact) mass is 851 g/mol. The van der Waals surface area contributed by atoms with Gasteiger partial charge in [-0.2, -0.15) is 0 Å². The van der Waals surface area contributed by atoms with Crippen LogP contribution in [-0.2, 0) is 69.2 Å². The molecule has 0 aliphatic carbocycles. The van der Waals surface area contributed by atoms with Crippen molar-refractivity contribution in [2.75, 3.05) is 6.54 Å². The molecule has 4 aromatic carbocycles. The van der Waals surface area contributed by atoms with Crippen LogP contribution in [0, 0.1) is 0 Å². The fraction of sp³-hybridized carbons (Fsp3) is 0.375. The van der Waals surface area contributed by atoms with Crippen LogP contribution in [0.2, 0.25) is 0 Å². The number of esters is 3. The highest BCUT2D eigenvalue weighted by atomic mass is 16.6. The standard InChI is InChI=1S/C48H57N3O11/c1-5-6-16-29-49-43(53)40(50-44(54)39(51-47(57)62-48(2,3)4)27-28-41(52)58-31-35-17-10-7-11-18-35)30-34-23-25-38(26-24-34)61-42(45(55)59-32-36-19-12-8-13-20-36)46(56)60-33-37-21-14-9-15-22-37/h7-15,17-26,39-40,42H,5-6,16,27-33H2,1-4H3,(H,49,53)(H,50,54)(H,51,57)/t39-,40-/m0/s1. The van der Waals surface area contributed by atoms with Gasteiger partial charge in [0.15, 0.2) is 0 Å². The summed E-state index contributed by atoms with van der Waals surface area (Å²) in [6.07, 6.45) is -0.419. The molecule has 4 rings (SSSR count). The van der Waals surface area contributed by atoms with Crippen molar-refractivity contribution < 1.29 is 52.5 Å². The molecular formula is C48H57N3O11. The van der Waals surface area contributed by atoms with Crippen molar-refractivity contribution in [3.8, 4) is 5.75 Å². The first-order chi connectivity index (χ1) is 29.8. The number of unbranched alkanes of at least 4 members (excludes halogenated alkanes) is 2. The number of carbonyl (C=O) groups is 6. The quantitative estimate of drug-likeness (QED) is 0.0313. The van der Waals surface area contributed by atoms with Gasteiger partial charge in [-0.25, -0.2) is 14.4 Å². The summed E-state index contributed by atoms with van der Waals surface area (Å²) in [5.74, 6) is -3.52. The van der Waals surface area contributed by atoms with Crippen LogP contribution < -0.4 is 20.7 Å². The Morgan fingerprint density at radius 2 is 1.10 bits per heavy atom. The van der Waals surface area contributed by atoms with Gasteiger partial charge in [-0.3, -0.25) is 14.4 Å². The zero-order valence-electron chi connectivity index (χ0n) is 35.8. The number of hydrogen-bond acceptors (Lipinski definition) is 11. The van der Waals surface area contributed by atoms with E-state index in [4.69, 9.17) is 23.7 Å². The third kappa shape index (κ3) is 17.9. The number of alkyl carbamates (subject to hydrolysis) is 1. The van der Waals surface area contributed by atoms with Gasteiger partial charge in [0.1, 0.15) is 43.3 Å². The fourth-order valence-electron chi connectivity index (χ4n) is 5.86. The average Bonchev–Trinajstić information content (AvgIpc) is 3.26. The van der Waals surface area contributed by atoms with Crippen LogP contribution in [0.1, 0.15) is 82.1 Å². The van der Waals surface area contributed by atoms with Crippen molar-refractivity contribution >= 4 is 35.8 Å². The maximum absolute atomic E-state index is 13.9. The zero-order valence-corrected chi connectivity index (χ0v) is 35.8. The van der Waals surface area contributed by atoms with Gasteiger partial charge in [0, 0.05) is 19.4 Å². The number of nitrogens with one attached hydrogen (secondary N) is 3. The first-order valence-electron chi connectivity index (χ1n) is 20.7. The number of ether oxygens (including phenoxy) is 5. The predicted octanol–water partition coefficient (Wildman–Crippen LogP) is 6.67. The molecule has 0 saturated heterocycles. The second kappa shape index (κ2) is 25.2. The Morgan fingerprint density at radius 1 is 0.581 bits per heavy atom. The number of amides is 3. The van der Waals surface area contributed by atoms with Gasteiger partial charge in [0.05, 0.1) is 0 Å². The number of carbonyl (C=O) groups excluding carboxylic acids is 6. The third-order valence-electron chi connectivity index (χ3n) is 9.09. The summed E-state index contributed by atoms with van der Waals surface area (Å²) in [4.78, 5) is 79.6. The van der Waals surface area contributed by atoms with Gasteiger partial charge in [-0.15, -0.1) is 0 Å². The summed E-state index contributed by atoms with van der Waals surface area (Å²) >= 11 is 0. The molecule has 2 atom stereocenters. The SMILES string of the molecule is CCCCCNC(=O)[C@H](Cc1ccc(OC(C(=O)OCc2ccccc2)C(=O)OCc2ccccc2)cc1)NC(=O)[C@H](CCC(=O)OCc1ccccc1)NC(=O)OC(C)(C)C. The molecule has 14 nitrogen and oxygen atoms in total. The fourth-order valence-corrected chi connectivity index (χ4v) is 5.86. The highest BCUT2D eigenvalue weighted by molar-refractivity contribution is 5.98. The summed E-state index contributed by atoms with van der Waals surface area (Å²) in [6, 6.07) is 31.0. The topological polar surface area (TPSA) is 185 Å². The van der Waals surface area contributed by atoms with Crippen molar-refractivity contribution in [1.82, 2.24) is 16.0 Å². The minimum atomic E-state index is -1.75. The minimum absolute atomic E-state index is 0.00552. The largest absolute Gasteiger partial charge is 0.467 e. The van der Waals surface area contributed by atoms with Crippen LogP contribution in [0.4, 0.5) is 4.79 Å². The molecule has 3 N–H and O–H groups in total. The summed E-state index contributed by atoms with van der Waals surface area (Å²) in [5.41, 5.74) is 1.93. The van der Waals surface area contributed by atoms with Crippen LogP contribution in [-0.4, -0.2) is 66.1 Å². The molecule has 4 aromatic rings. The van der Waals surface area contributed by atoms with Crippen LogP contribution in [0.5, 0.6) is 5.75 Å². The van der Waals surface area contributed by atoms with E-state index in [9.17, 15) is 28.8 Å². The molecule has 0 radical (unpaired) electrons. The van der Waals surface area contributed by atoms with Crippen molar-refractivity contribution in [3.05, 3.63) is 138 Å². The van der Waals surface area contributed by atoms with E-state index >= 15 is 0 Å². The Labute approximate surface area is 363 Å². The van der Waals surface area contributed by atoms with Crippen LogP contribution in [0.25, 0.3) is 0 Å². The van der Waals surface area contributed by atoms with Gasteiger partial charge >= 0.3 is 24.0 Å². The summed E-state index contributed by atoms with van der Waals surface area (Å²) in [7, 11) is 0. The minimum Gasteiger partial charge on any atom is -0.467 e. The van der Waals surface area contributed by atoms with Crippen molar-refractivity contribution in [2.24, 2.45) is 0 Å². The molecule has 0 unspecified atom stereocenters.